The summed E-state index contributed by atoms with van der Waals surface area (Å²) in [5.74, 6) is 2.28. The molecule has 2 rings (SSSR count). The van der Waals surface area contributed by atoms with Gasteiger partial charge < -0.3 is 9.16 Å². The summed E-state index contributed by atoms with van der Waals surface area (Å²) in [4.78, 5) is 0. The highest BCUT2D eigenvalue weighted by Crippen LogP contribution is 2.53. The van der Waals surface area contributed by atoms with Gasteiger partial charge in [0.15, 0.2) is 8.32 Å². The molecule has 0 aromatic heterocycles. The van der Waals surface area contributed by atoms with Crippen molar-refractivity contribution in [3.05, 3.63) is 36.5 Å². The van der Waals surface area contributed by atoms with Crippen LogP contribution in [0.15, 0.2) is 36.5 Å². The lowest BCUT2D eigenvalue weighted by Crippen LogP contribution is -2.53. The van der Waals surface area contributed by atoms with E-state index in [4.69, 9.17) is 9.16 Å². The molecule has 1 heterocycles. The summed E-state index contributed by atoms with van der Waals surface area (Å²) in [5.41, 5.74) is 2.45. The maximum absolute atomic E-state index is 6.94. The average molecular weight is 405 g/mol. The van der Waals surface area contributed by atoms with Crippen LogP contribution in [-0.2, 0) is 9.16 Å². The summed E-state index contributed by atoms with van der Waals surface area (Å²) in [5, 5.41) is 0. The zero-order valence-electron chi connectivity index (χ0n) is 19.7. The highest BCUT2D eigenvalue weighted by Gasteiger charge is 2.56. The Hall–Kier alpha value is -0.643. The topological polar surface area (TPSA) is 18.5 Å². The lowest BCUT2D eigenvalue weighted by atomic mass is 9.63. The first kappa shape index (κ1) is 23.6. The van der Waals surface area contributed by atoms with Crippen LogP contribution in [0.2, 0.25) is 19.6 Å². The molecular formula is C25H44O2Si. The van der Waals surface area contributed by atoms with Crippen LogP contribution in [0.3, 0.4) is 0 Å². The fraction of sp³-hybridized carbons (Fsp3) is 0.760. The second kappa shape index (κ2) is 9.02. The van der Waals surface area contributed by atoms with Gasteiger partial charge in [-0.15, -0.1) is 13.2 Å². The van der Waals surface area contributed by atoms with E-state index < -0.39 is 8.32 Å². The number of hydrogen-bond donors (Lipinski definition) is 0. The molecule has 0 saturated carbocycles. The molecule has 0 unspecified atom stereocenters. The predicted molar refractivity (Wildman–Crippen MR) is 124 cm³/mol. The predicted octanol–water partition coefficient (Wildman–Crippen LogP) is 7.15. The van der Waals surface area contributed by atoms with E-state index >= 15 is 0 Å². The monoisotopic (exact) mass is 404 g/mol. The van der Waals surface area contributed by atoms with Crippen molar-refractivity contribution in [2.24, 2.45) is 23.7 Å². The van der Waals surface area contributed by atoms with E-state index in [9.17, 15) is 0 Å². The summed E-state index contributed by atoms with van der Waals surface area (Å²) < 4.78 is 13.8. The summed E-state index contributed by atoms with van der Waals surface area (Å²) in [6, 6.07) is 0. The van der Waals surface area contributed by atoms with Gasteiger partial charge in [-0.3, -0.25) is 0 Å². The van der Waals surface area contributed by atoms with Gasteiger partial charge in [-0.05, 0) is 77.9 Å². The second-order valence-corrected chi connectivity index (χ2v) is 15.2. The van der Waals surface area contributed by atoms with Crippen LogP contribution < -0.4 is 0 Å². The fourth-order valence-corrected chi connectivity index (χ4v) is 7.25. The van der Waals surface area contributed by atoms with E-state index in [-0.39, 0.29) is 17.8 Å². The molecule has 28 heavy (non-hydrogen) atoms. The first-order valence-electron chi connectivity index (χ1n) is 11.2. The maximum Gasteiger partial charge on any atom is 0.184 e. The largest absolute Gasteiger partial charge is 0.410 e. The number of hydrogen-bond acceptors (Lipinski definition) is 2. The van der Waals surface area contributed by atoms with Gasteiger partial charge in [-0.1, -0.05) is 37.1 Å². The normalized spacial score (nSPS) is 32.6. The Morgan fingerprint density at radius 2 is 2.04 bits per heavy atom. The van der Waals surface area contributed by atoms with Gasteiger partial charge >= 0.3 is 0 Å². The summed E-state index contributed by atoms with van der Waals surface area (Å²) in [6.45, 7) is 26.5. The van der Waals surface area contributed by atoms with Gasteiger partial charge in [0.05, 0.1) is 17.8 Å². The molecule has 1 fully saturated rings. The van der Waals surface area contributed by atoms with Gasteiger partial charge in [-0.25, -0.2) is 0 Å². The minimum atomic E-state index is -1.73. The molecule has 2 aliphatic rings. The molecule has 1 aliphatic carbocycles. The van der Waals surface area contributed by atoms with Gasteiger partial charge in [-0.2, -0.15) is 0 Å². The molecule has 1 saturated heterocycles. The van der Waals surface area contributed by atoms with Crippen molar-refractivity contribution >= 4 is 8.32 Å². The summed E-state index contributed by atoms with van der Waals surface area (Å²) in [6.07, 6.45) is 8.89. The number of fused-ring (bicyclic) bond motifs is 1. The Balaban J connectivity index is 2.50. The minimum absolute atomic E-state index is 0.129. The molecule has 6 atom stereocenters. The van der Waals surface area contributed by atoms with Crippen molar-refractivity contribution in [1.29, 1.82) is 0 Å². The van der Waals surface area contributed by atoms with E-state index in [1.807, 2.05) is 6.08 Å². The zero-order valence-corrected chi connectivity index (χ0v) is 20.7. The van der Waals surface area contributed by atoms with Crippen LogP contribution in [0.4, 0.5) is 0 Å². The maximum atomic E-state index is 6.94. The highest BCUT2D eigenvalue weighted by atomic mass is 28.4. The van der Waals surface area contributed by atoms with Crippen molar-refractivity contribution in [3.63, 3.8) is 0 Å². The SMILES string of the molecule is C=CCC[C@@](C)(O[Si](C)(C)C)[C@@H]1O[C@H](CC(=C)C)[C@H]2C(C)=CC[C@H](C(C)C)[C@H]21. The van der Waals surface area contributed by atoms with Crippen LogP contribution in [0.25, 0.3) is 0 Å². The Morgan fingerprint density at radius 3 is 2.54 bits per heavy atom. The quantitative estimate of drug-likeness (QED) is 0.300. The van der Waals surface area contributed by atoms with Gasteiger partial charge in [0.1, 0.15) is 0 Å². The molecule has 0 spiro atoms. The van der Waals surface area contributed by atoms with Crippen LogP contribution in [0, 0.1) is 23.7 Å². The molecule has 0 bridgehead atoms. The number of ether oxygens (including phenoxy) is 1. The summed E-state index contributed by atoms with van der Waals surface area (Å²) >= 11 is 0. The number of allylic oxidation sites excluding steroid dienone is 2. The van der Waals surface area contributed by atoms with E-state index in [0.717, 1.165) is 25.7 Å². The van der Waals surface area contributed by atoms with Crippen LogP contribution in [-0.4, -0.2) is 26.1 Å². The molecule has 0 aromatic rings. The Kier molecular flexibility index (Phi) is 7.61. The molecule has 1 aliphatic heterocycles. The molecule has 0 N–H and O–H groups in total. The third-order valence-electron chi connectivity index (χ3n) is 6.61. The van der Waals surface area contributed by atoms with Crippen LogP contribution >= 0.6 is 0 Å². The molecule has 0 amide bonds. The Labute approximate surface area is 175 Å². The lowest BCUT2D eigenvalue weighted by molar-refractivity contribution is -0.106. The van der Waals surface area contributed by atoms with Crippen LogP contribution in [0.5, 0.6) is 0 Å². The van der Waals surface area contributed by atoms with Gasteiger partial charge in [0.2, 0.25) is 0 Å². The Bertz CT molecular complexity index is 600. The van der Waals surface area contributed by atoms with Crippen molar-refractivity contribution in [2.75, 3.05) is 0 Å². The molecule has 0 aromatic carbocycles. The van der Waals surface area contributed by atoms with Crippen molar-refractivity contribution < 1.29 is 9.16 Å². The molecule has 2 nitrogen and oxygen atoms in total. The van der Waals surface area contributed by atoms with Crippen molar-refractivity contribution in [3.8, 4) is 0 Å². The third kappa shape index (κ3) is 5.28. The van der Waals surface area contributed by atoms with Gasteiger partial charge in [0.25, 0.3) is 0 Å². The van der Waals surface area contributed by atoms with Crippen LogP contribution in [0.1, 0.15) is 60.3 Å². The molecule has 0 radical (unpaired) electrons. The van der Waals surface area contributed by atoms with E-state index in [1.54, 1.807) is 0 Å². The third-order valence-corrected chi connectivity index (χ3v) is 7.69. The smallest absolute Gasteiger partial charge is 0.184 e. The van der Waals surface area contributed by atoms with Crippen molar-refractivity contribution in [1.82, 2.24) is 0 Å². The molecular weight excluding hydrogens is 360 g/mol. The highest BCUT2D eigenvalue weighted by molar-refractivity contribution is 6.69. The first-order chi connectivity index (χ1) is 12.9. The molecule has 3 heteroatoms. The Morgan fingerprint density at radius 1 is 1.39 bits per heavy atom. The minimum Gasteiger partial charge on any atom is -0.410 e. The van der Waals surface area contributed by atoms with E-state index in [1.165, 1.54) is 11.1 Å². The second-order valence-electron chi connectivity index (χ2n) is 10.8. The van der Waals surface area contributed by atoms with E-state index in [0.29, 0.717) is 23.7 Å². The van der Waals surface area contributed by atoms with Crippen molar-refractivity contribution in [2.45, 2.75) is 97.8 Å². The first-order valence-corrected chi connectivity index (χ1v) is 14.6. The van der Waals surface area contributed by atoms with Gasteiger partial charge in [0, 0.05) is 11.8 Å². The number of rotatable bonds is 9. The average Bonchev–Trinajstić information content (AvgIpc) is 2.91. The lowest BCUT2D eigenvalue weighted by Gasteiger charge is -2.46. The standard InChI is InChI=1S/C25H44O2Si/c1-11-12-15-25(7,27-28(8,9)10)24-23-20(18(4)5)14-13-19(6)22(23)21(26-24)16-17(2)3/h11,13,18,20-24H,1-2,12,14-16H2,3-10H3/t20-,21-,22-,23-,24-,25-/m1/s1. The molecule has 160 valence electrons. The fourth-order valence-electron chi connectivity index (χ4n) is 5.63. The van der Waals surface area contributed by atoms with E-state index in [2.05, 4.69) is 73.5 Å². The summed E-state index contributed by atoms with van der Waals surface area (Å²) in [7, 11) is -1.73. The zero-order chi connectivity index (χ0) is 21.3.